The maximum Gasteiger partial charge on any atom is 0.242 e. The molecule has 78 valence electrons. The summed E-state index contributed by atoms with van der Waals surface area (Å²) in [5.41, 5.74) is 0. The molecule has 0 aromatic heterocycles. The number of benzene rings is 1. The minimum absolute atomic E-state index is 0.231. The van der Waals surface area contributed by atoms with E-state index < -0.39 is 10.0 Å². The van der Waals surface area contributed by atoms with Crippen LogP contribution < -0.4 is 0 Å². The van der Waals surface area contributed by atoms with Crippen molar-refractivity contribution >= 4 is 21.6 Å². The number of sulfonamides is 1. The molecule has 1 aromatic rings. The largest absolute Gasteiger partial charge is 0.242 e. The molecule has 0 spiro atoms. The predicted octanol–water partition coefficient (Wildman–Crippen LogP) is 1.98. The summed E-state index contributed by atoms with van der Waals surface area (Å²) in [6.45, 7) is 2.22. The molecule has 0 atom stereocenters. The topological polar surface area (TPSA) is 37.4 Å². The lowest BCUT2D eigenvalue weighted by Gasteiger charge is -2.14. The zero-order valence-corrected chi connectivity index (χ0v) is 9.64. The highest BCUT2D eigenvalue weighted by Crippen LogP contribution is 2.18. The molecule has 0 unspecified atom stereocenters. The molecule has 0 aliphatic rings. The number of nitrogens with zero attached hydrogens (tertiary/aromatic N) is 1. The van der Waals surface area contributed by atoms with Crippen LogP contribution in [0.4, 0.5) is 0 Å². The Morgan fingerprint density at radius 2 is 2.07 bits per heavy atom. The van der Waals surface area contributed by atoms with Crippen LogP contribution in [0.1, 0.15) is 6.92 Å². The third-order valence-electron chi connectivity index (χ3n) is 1.95. The smallest absolute Gasteiger partial charge is 0.207 e. The second-order valence-corrected chi connectivity index (χ2v) is 5.36. The Hall–Kier alpha value is -0.580. The van der Waals surface area contributed by atoms with Crippen molar-refractivity contribution in [2.45, 2.75) is 11.8 Å². The molecule has 0 fully saturated rings. The van der Waals surface area contributed by atoms with Crippen molar-refractivity contribution in [3.05, 3.63) is 29.3 Å². The minimum atomic E-state index is -3.36. The molecule has 0 radical (unpaired) electrons. The molecule has 0 aliphatic heterocycles. The molecule has 0 aliphatic carbocycles. The third kappa shape index (κ3) is 2.26. The van der Waals surface area contributed by atoms with E-state index >= 15 is 0 Å². The van der Waals surface area contributed by atoms with E-state index in [2.05, 4.69) is 0 Å². The zero-order chi connectivity index (χ0) is 10.8. The quantitative estimate of drug-likeness (QED) is 0.801. The summed E-state index contributed by atoms with van der Waals surface area (Å²) in [4.78, 5) is 0.231. The Morgan fingerprint density at radius 3 is 2.57 bits per heavy atom. The molecule has 0 saturated heterocycles. The molecule has 3 nitrogen and oxygen atoms in total. The Kier molecular flexibility index (Phi) is 3.53. The first-order chi connectivity index (χ1) is 6.48. The summed E-state index contributed by atoms with van der Waals surface area (Å²) in [5.74, 6) is 0. The van der Waals surface area contributed by atoms with Gasteiger partial charge < -0.3 is 0 Å². The van der Waals surface area contributed by atoms with E-state index in [-0.39, 0.29) is 4.90 Å². The van der Waals surface area contributed by atoms with Crippen molar-refractivity contribution in [1.29, 1.82) is 0 Å². The van der Waals surface area contributed by atoms with Crippen LogP contribution in [0.25, 0.3) is 0 Å². The van der Waals surface area contributed by atoms with E-state index in [9.17, 15) is 8.42 Å². The van der Waals surface area contributed by atoms with Crippen LogP contribution in [0.5, 0.6) is 0 Å². The maximum atomic E-state index is 11.8. The fraction of sp³-hybridized carbons (Fsp3) is 0.333. The fourth-order valence-corrected chi connectivity index (χ4v) is 2.46. The van der Waals surface area contributed by atoms with Crippen LogP contribution in [0, 0.1) is 0 Å². The predicted molar refractivity (Wildman–Crippen MR) is 56.9 cm³/mol. The fourth-order valence-electron chi connectivity index (χ4n) is 0.977. The highest BCUT2D eigenvalue weighted by atomic mass is 35.5. The van der Waals surface area contributed by atoms with Crippen molar-refractivity contribution in [2.75, 3.05) is 13.6 Å². The van der Waals surface area contributed by atoms with E-state index in [4.69, 9.17) is 11.6 Å². The van der Waals surface area contributed by atoms with Crippen molar-refractivity contribution in [3.8, 4) is 0 Å². The van der Waals surface area contributed by atoms with Gasteiger partial charge in [0.15, 0.2) is 0 Å². The average Bonchev–Trinajstić information content (AvgIpc) is 2.16. The SMILES string of the molecule is CCN(C)S(=O)(=O)c1cccc(Cl)c1. The van der Waals surface area contributed by atoms with Crippen molar-refractivity contribution in [2.24, 2.45) is 0 Å². The Bertz CT molecular complexity index is 417. The lowest BCUT2D eigenvalue weighted by atomic mass is 10.4. The van der Waals surface area contributed by atoms with Crippen molar-refractivity contribution in [3.63, 3.8) is 0 Å². The van der Waals surface area contributed by atoms with Gasteiger partial charge in [0.05, 0.1) is 4.90 Å². The lowest BCUT2D eigenvalue weighted by Crippen LogP contribution is -2.26. The first kappa shape index (κ1) is 11.5. The van der Waals surface area contributed by atoms with Crippen molar-refractivity contribution in [1.82, 2.24) is 4.31 Å². The van der Waals surface area contributed by atoms with Gasteiger partial charge in [-0.05, 0) is 18.2 Å². The number of hydrogen-bond acceptors (Lipinski definition) is 2. The molecule has 14 heavy (non-hydrogen) atoms. The molecule has 0 N–H and O–H groups in total. The molecular weight excluding hydrogens is 222 g/mol. The monoisotopic (exact) mass is 233 g/mol. The van der Waals surface area contributed by atoms with Crippen LogP contribution in [-0.2, 0) is 10.0 Å². The zero-order valence-electron chi connectivity index (χ0n) is 8.07. The summed E-state index contributed by atoms with van der Waals surface area (Å²) in [6.07, 6.45) is 0. The normalized spacial score (nSPS) is 12.0. The van der Waals surface area contributed by atoms with E-state index in [0.717, 1.165) is 0 Å². The minimum Gasteiger partial charge on any atom is -0.207 e. The standard InChI is InChI=1S/C9H12ClNO2S/c1-3-11(2)14(12,13)9-6-4-5-8(10)7-9/h4-7H,3H2,1-2H3. The van der Waals surface area contributed by atoms with Crippen LogP contribution >= 0.6 is 11.6 Å². The van der Waals surface area contributed by atoms with E-state index in [1.807, 2.05) is 0 Å². The number of halogens is 1. The Labute approximate surface area is 89.4 Å². The van der Waals surface area contributed by atoms with Gasteiger partial charge in [-0.3, -0.25) is 0 Å². The maximum absolute atomic E-state index is 11.8. The molecule has 0 heterocycles. The van der Waals surface area contributed by atoms with E-state index in [1.165, 1.54) is 23.5 Å². The summed E-state index contributed by atoms with van der Waals surface area (Å²) in [6, 6.07) is 6.25. The molecule has 5 heteroatoms. The van der Waals surface area contributed by atoms with Gasteiger partial charge in [0.2, 0.25) is 10.0 Å². The van der Waals surface area contributed by atoms with Gasteiger partial charge in [-0.1, -0.05) is 24.6 Å². The molecule has 0 amide bonds. The summed E-state index contributed by atoms with van der Waals surface area (Å²) in [7, 11) is -1.82. The second kappa shape index (κ2) is 4.29. The van der Waals surface area contributed by atoms with Gasteiger partial charge in [0.25, 0.3) is 0 Å². The average molecular weight is 234 g/mol. The highest BCUT2D eigenvalue weighted by molar-refractivity contribution is 7.89. The summed E-state index contributed by atoms with van der Waals surface area (Å²) in [5, 5.41) is 0.426. The first-order valence-electron chi connectivity index (χ1n) is 4.20. The first-order valence-corrected chi connectivity index (χ1v) is 6.02. The lowest BCUT2D eigenvalue weighted by molar-refractivity contribution is 0.486. The van der Waals surface area contributed by atoms with Crippen LogP contribution in [0.2, 0.25) is 5.02 Å². The van der Waals surface area contributed by atoms with Gasteiger partial charge in [-0.25, -0.2) is 12.7 Å². The molecule has 0 bridgehead atoms. The molecular formula is C9H12ClNO2S. The van der Waals surface area contributed by atoms with E-state index in [0.29, 0.717) is 11.6 Å². The highest BCUT2D eigenvalue weighted by Gasteiger charge is 2.18. The molecule has 1 aromatic carbocycles. The van der Waals surface area contributed by atoms with Gasteiger partial charge >= 0.3 is 0 Å². The second-order valence-electron chi connectivity index (χ2n) is 2.88. The van der Waals surface area contributed by atoms with Crippen LogP contribution in [0.15, 0.2) is 29.2 Å². The number of rotatable bonds is 3. The van der Waals surface area contributed by atoms with Gasteiger partial charge in [-0.15, -0.1) is 0 Å². The Morgan fingerprint density at radius 1 is 1.43 bits per heavy atom. The Balaban J connectivity index is 3.17. The number of hydrogen-bond donors (Lipinski definition) is 0. The van der Waals surface area contributed by atoms with Crippen molar-refractivity contribution < 1.29 is 8.42 Å². The summed E-state index contributed by atoms with van der Waals surface area (Å²) < 4.78 is 24.8. The van der Waals surface area contributed by atoms with Gasteiger partial charge in [-0.2, -0.15) is 0 Å². The summed E-state index contributed by atoms with van der Waals surface area (Å²) >= 11 is 5.72. The van der Waals surface area contributed by atoms with E-state index in [1.54, 1.807) is 19.1 Å². The van der Waals surface area contributed by atoms with Gasteiger partial charge in [0, 0.05) is 18.6 Å². The van der Waals surface area contributed by atoms with Crippen LogP contribution in [-0.4, -0.2) is 26.3 Å². The molecule has 1 rings (SSSR count). The molecule has 0 saturated carbocycles. The van der Waals surface area contributed by atoms with Crippen LogP contribution in [0.3, 0.4) is 0 Å². The van der Waals surface area contributed by atoms with Gasteiger partial charge in [0.1, 0.15) is 0 Å². The third-order valence-corrected chi connectivity index (χ3v) is 4.11.